The number of aryl methyl sites for hydroxylation is 2. The third kappa shape index (κ3) is 3.14. The summed E-state index contributed by atoms with van der Waals surface area (Å²) in [5.74, 6) is 0. The molecule has 17 heavy (non-hydrogen) atoms. The smallest absolute Gasteiger partial charge is 0.0795 e. The van der Waals surface area contributed by atoms with E-state index >= 15 is 0 Å². The van der Waals surface area contributed by atoms with Crippen LogP contribution in [0.25, 0.3) is 0 Å². The van der Waals surface area contributed by atoms with E-state index in [4.69, 9.17) is 0 Å². The molecule has 2 heteroatoms. The van der Waals surface area contributed by atoms with Crippen molar-refractivity contribution >= 4 is 0 Å². The van der Waals surface area contributed by atoms with Gasteiger partial charge in [-0.05, 0) is 48.6 Å². The first-order chi connectivity index (χ1) is 8.27. The summed E-state index contributed by atoms with van der Waals surface area (Å²) in [5, 5.41) is 10.1. The summed E-state index contributed by atoms with van der Waals surface area (Å²) >= 11 is 0. The average Bonchev–Trinajstić information content (AvgIpc) is 2.38. The monoisotopic (exact) mass is 227 g/mol. The van der Waals surface area contributed by atoms with Crippen molar-refractivity contribution in [3.05, 3.63) is 65.5 Å². The first-order valence-electron chi connectivity index (χ1n) is 5.90. The van der Waals surface area contributed by atoms with Gasteiger partial charge in [0.1, 0.15) is 0 Å². The van der Waals surface area contributed by atoms with Gasteiger partial charge in [-0.25, -0.2) is 0 Å². The van der Waals surface area contributed by atoms with E-state index in [9.17, 15) is 5.11 Å². The minimum Gasteiger partial charge on any atom is -0.388 e. The van der Waals surface area contributed by atoms with Crippen LogP contribution < -0.4 is 0 Å². The van der Waals surface area contributed by atoms with Gasteiger partial charge in [0.2, 0.25) is 0 Å². The summed E-state index contributed by atoms with van der Waals surface area (Å²) in [6.45, 7) is 2.03. The molecule has 1 atom stereocenters. The second-order valence-corrected chi connectivity index (χ2v) is 4.27. The molecule has 1 aromatic carbocycles. The van der Waals surface area contributed by atoms with Gasteiger partial charge in [-0.3, -0.25) is 4.98 Å². The van der Waals surface area contributed by atoms with E-state index in [2.05, 4.69) is 4.98 Å². The minimum atomic E-state index is -0.385. The molecule has 0 amide bonds. The molecule has 0 bridgehead atoms. The fraction of sp³-hybridized carbons (Fsp3) is 0.267. The predicted octanol–water partition coefficient (Wildman–Crippen LogP) is 3.06. The summed E-state index contributed by atoms with van der Waals surface area (Å²) < 4.78 is 0. The maximum Gasteiger partial charge on any atom is 0.0795 e. The SMILES string of the molecule is Cc1ccccc1C(O)CCc1ccncc1. The zero-order chi connectivity index (χ0) is 12.1. The summed E-state index contributed by atoms with van der Waals surface area (Å²) in [7, 11) is 0. The van der Waals surface area contributed by atoms with Crippen LogP contribution in [0.2, 0.25) is 0 Å². The Labute approximate surface area is 102 Å². The molecule has 1 heterocycles. The number of hydrogen-bond acceptors (Lipinski definition) is 2. The molecule has 0 fully saturated rings. The van der Waals surface area contributed by atoms with Crippen molar-refractivity contribution in [2.45, 2.75) is 25.9 Å². The van der Waals surface area contributed by atoms with E-state index < -0.39 is 0 Å². The second-order valence-electron chi connectivity index (χ2n) is 4.27. The van der Waals surface area contributed by atoms with Gasteiger partial charge in [0.05, 0.1) is 6.10 Å². The van der Waals surface area contributed by atoms with Gasteiger partial charge in [0.15, 0.2) is 0 Å². The molecule has 1 N–H and O–H groups in total. The molecule has 0 radical (unpaired) electrons. The van der Waals surface area contributed by atoms with E-state index in [0.717, 1.165) is 24.0 Å². The standard InChI is InChI=1S/C15H17NO/c1-12-4-2-3-5-14(12)15(17)7-6-13-8-10-16-11-9-13/h2-5,8-11,15,17H,6-7H2,1H3. The van der Waals surface area contributed by atoms with Crippen LogP contribution in [0.15, 0.2) is 48.8 Å². The molecule has 0 aliphatic heterocycles. The molecule has 0 aliphatic carbocycles. The Morgan fingerprint density at radius 2 is 1.82 bits per heavy atom. The molecule has 88 valence electrons. The molecule has 1 unspecified atom stereocenters. The molecule has 2 aromatic rings. The lowest BCUT2D eigenvalue weighted by Crippen LogP contribution is -2.01. The van der Waals surface area contributed by atoms with E-state index in [1.165, 1.54) is 5.56 Å². The molecule has 1 aromatic heterocycles. The first kappa shape index (κ1) is 11.8. The lowest BCUT2D eigenvalue weighted by atomic mass is 9.98. The van der Waals surface area contributed by atoms with Crippen molar-refractivity contribution in [3.8, 4) is 0 Å². The highest BCUT2D eigenvalue weighted by Crippen LogP contribution is 2.21. The predicted molar refractivity (Wildman–Crippen MR) is 68.7 cm³/mol. The number of aliphatic hydroxyl groups is 1. The molecule has 0 saturated carbocycles. The zero-order valence-electron chi connectivity index (χ0n) is 10.0. The summed E-state index contributed by atoms with van der Waals surface area (Å²) in [4.78, 5) is 3.98. The van der Waals surface area contributed by atoms with Gasteiger partial charge < -0.3 is 5.11 Å². The van der Waals surface area contributed by atoms with Gasteiger partial charge >= 0.3 is 0 Å². The van der Waals surface area contributed by atoms with Crippen LogP contribution in [0.1, 0.15) is 29.2 Å². The number of aromatic nitrogens is 1. The van der Waals surface area contributed by atoms with Crippen molar-refractivity contribution in [1.82, 2.24) is 4.98 Å². The number of pyridine rings is 1. The quantitative estimate of drug-likeness (QED) is 0.870. The van der Waals surface area contributed by atoms with Crippen molar-refractivity contribution in [1.29, 1.82) is 0 Å². The zero-order valence-corrected chi connectivity index (χ0v) is 10.0. The van der Waals surface area contributed by atoms with Crippen LogP contribution >= 0.6 is 0 Å². The summed E-state index contributed by atoms with van der Waals surface area (Å²) in [5.41, 5.74) is 3.39. The number of aliphatic hydroxyl groups excluding tert-OH is 1. The van der Waals surface area contributed by atoms with Crippen molar-refractivity contribution in [2.24, 2.45) is 0 Å². The van der Waals surface area contributed by atoms with Gasteiger partial charge in [-0.1, -0.05) is 24.3 Å². The lowest BCUT2D eigenvalue weighted by molar-refractivity contribution is 0.167. The fourth-order valence-electron chi connectivity index (χ4n) is 1.97. The van der Waals surface area contributed by atoms with Crippen LogP contribution in [0.3, 0.4) is 0 Å². The van der Waals surface area contributed by atoms with Crippen LogP contribution in [0.4, 0.5) is 0 Å². The normalized spacial score (nSPS) is 12.4. The molecular formula is C15H17NO. The van der Waals surface area contributed by atoms with Crippen LogP contribution in [-0.4, -0.2) is 10.1 Å². The highest BCUT2D eigenvalue weighted by molar-refractivity contribution is 5.27. The Kier molecular flexibility index (Phi) is 3.89. The molecule has 2 rings (SSSR count). The molecule has 0 saturated heterocycles. The summed E-state index contributed by atoms with van der Waals surface area (Å²) in [6.07, 6.45) is 4.81. The molecule has 0 aliphatic rings. The van der Waals surface area contributed by atoms with Gasteiger partial charge in [-0.15, -0.1) is 0 Å². The Bertz CT molecular complexity index is 467. The fourth-order valence-corrected chi connectivity index (χ4v) is 1.97. The Balaban J connectivity index is 1.99. The maximum absolute atomic E-state index is 10.1. The Hall–Kier alpha value is -1.67. The third-order valence-corrected chi connectivity index (χ3v) is 3.00. The third-order valence-electron chi connectivity index (χ3n) is 3.00. The topological polar surface area (TPSA) is 33.1 Å². The highest BCUT2D eigenvalue weighted by Gasteiger charge is 2.09. The van der Waals surface area contributed by atoms with E-state index in [1.807, 2.05) is 43.3 Å². The summed E-state index contributed by atoms with van der Waals surface area (Å²) in [6, 6.07) is 12.0. The van der Waals surface area contributed by atoms with Gasteiger partial charge in [0.25, 0.3) is 0 Å². The van der Waals surface area contributed by atoms with Crippen molar-refractivity contribution in [2.75, 3.05) is 0 Å². The number of nitrogens with zero attached hydrogens (tertiary/aromatic N) is 1. The number of hydrogen-bond donors (Lipinski definition) is 1. The van der Waals surface area contributed by atoms with Gasteiger partial charge in [-0.2, -0.15) is 0 Å². The van der Waals surface area contributed by atoms with Crippen LogP contribution in [0, 0.1) is 6.92 Å². The van der Waals surface area contributed by atoms with Crippen LogP contribution in [-0.2, 0) is 6.42 Å². The molecule has 0 spiro atoms. The average molecular weight is 227 g/mol. The number of benzene rings is 1. The van der Waals surface area contributed by atoms with Gasteiger partial charge in [0, 0.05) is 12.4 Å². The van der Waals surface area contributed by atoms with Crippen molar-refractivity contribution in [3.63, 3.8) is 0 Å². The van der Waals surface area contributed by atoms with Crippen LogP contribution in [0.5, 0.6) is 0 Å². The second kappa shape index (κ2) is 5.60. The Morgan fingerprint density at radius 3 is 2.53 bits per heavy atom. The van der Waals surface area contributed by atoms with E-state index in [0.29, 0.717) is 0 Å². The molecule has 2 nitrogen and oxygen atoms in total. The minimum absolute atomic E-state index is 0.385. The lowest BCUT2D eigenvalue weighted by Gasteiger charge is -2.13. The Morgan fingerprint density at radius 1 is 1.12 bits per heavy atom. The highest BCUT2D eigenvalue weighted by atomic mass is 16.3. The first-order valence-corrected chi connectivity index (χ1v) is 5.90. The van der Waals surface area contributed by atoms with Crippen molar-refractivity contribution < 1.29 is 5.11 Å². The van der Waals surface area contributed by atoms with E-state index in [1.54, 1.807) is 12.4 Å². The largest absolute Gasteiger partial charge is 0.388 e. The molecular weight excluding hydrogens is 210 g/mol. The van der Waals surface area contributed by atoms with E-state index in [-0.39, 0.29) is 6.10 Å². The number of rotatable bonds is 4. The maximum atomic E-state index is 10.1.